The SMILES string of the molecule is Cc1[nH][nH]c(=O)c1CCC(=O)N/N=C/c1ccccc1O. The summed E-state index contributed by atoms with van der Waals surface area (Å²) in [5.41, 5.74) is 3.95. The predicted octanol–water partition coefficient (Wildman–Crippen LogP) is 0.800. The second-order valence-corrected chi connectivity index (χ2v) is 4.53. The number of carbonyl (C=O) groups excluding carboxylic acids is 1. The summed E-state index contributed by atoms with van der Waals surface area (Å²) < 4.78 is 0. The van der Waals surface area contributed by atoms with Crippen LogP contribution in [0.3, 0.4) is 0 Å². The average molecular weight is 288 g/mol. The second kappa shape index (κ2) is 6.56. The number of aromatic hydroxyl groups is 1. The van der Waals surface area contributed by atoms with Crippen molar-refractivity contribution in [3.05, 3.63) is 51.4 Å². The van der Waals surface area contributed by atoms with Gasteiger partial charge in [-0.2, -0.15) is 5.10 Å². The summed E-state index contributed by atoms with van der Waals surface area (Å²) in [6, 6.07) is 6.66. The summed E-state index contributed by atoms with van der Waals surface area (Å²) in [4.78, 5) is 23.0. The molecule has 0 spiro atoms. The van der Waals surface area contributed by atoms with Crippen LogP contribution in [0.25, 0.3) is 0 Å². The Balaban J connectivity index is 1.86. The monoisotopic (exact) mass is 288 g/mol. The number of phenolic OH excluding ortho intramolecular Hbond substituents is 1. The van der Waals surface area contributed by atoms with Gasteiger partial charge in [0, 0.05) is 23.2 Å². The number of H-pyrrole nitrogens is 2. The summed E-state index contributed by atoms with van der Waals surface area (Å²) in [5.74, 6) is -0.216. The summed E-state index contributed by atoms with van der Waals surface area (Å²) >= 11 is 0. The fraction of sp³-hybridized carbons (Fsp3) is 0.214. The molecular weight excluding hydrogens is 272 g/mol. The molecule has 7 heteroatoms. The molecule has 0 saturated carbocycles. The smallest absolute Gasteiger partial charge is 0.267 e. The molecule has 0 aliphatic rings. The van der Waals surface area contributed by atoms with E-state index in [1.807, 2.05) is 0 Å². The third-order valence-corrected chi connectivity index (χ3v) is 3.02. The lowest BCUT2D eigenvalue weighted by Gasteiger charge is -2.00. The maximum absolute atomic E-state index is 11.6. The Bertz CT molecular complexity index is 715. The maximum Gasteiger partial charge on any atom is 0.267 e. The molecule has 0 aliphatic carbocycles. The topological polar surface area (TPSA) is 110 Å². The third kappa shape index (κ3) is 3.82. The minimum atomic E-state index is -0.304. The number of rotatable bonds is 5. The van der Waals surface area contributed by atoms with Crippen molar-refractivity contribution in [1.82, 2.24) is 15.6 Å². The van der Waals surface area contributed by atoms with Crippen molar-refractivity contribution in [2.24, 2.45) is 5.10 Å². The molecule has 110 valence electrons. The first-order valence-electron chi connectivity index (χ1n) is 6.44. The second-order valence-electron chi connectivity index (χ2n) is 4.53. The molecule has 1 heterocycles. The van der Waals surface area contributed by atoms with Crippen LogP contribution in [0.5, 0.6) is 5.75 Å². The highest BCUT2D eigenvalue weighted by Gasteiger charge is 2.08. The Hall–Kier alpha value is -2.83. The van der Waals surface area contributed by atoms with Crippen LogP contribution >= 0.6 is 0 Å². The van der Waals surface area contributed by atoms with E-state index < -0.39 is 0 Å². The first-order valence-corrected chi connectivity index (χ1v) is 6.44. The highest BCUT2D eigenvalue weighted by atomic mass is 16.3. The lowest BCUT2D eigenvalue weighted by Crippen LogP contribution is -2.19. The summed E-state index contributed by atoms with van der Waals surface area (Å²) in [5, 5.41) is 18.5. The van der Waals surface area contributed by atoms with Crippen LogP contribution in [0.15, 0.2) is 34.2 Å². The highest BCUT2D eigenvalue weighted by molar-refractivity contribution is 5.85. The van der Waals surface area contributed by atoms with Gasteiger partial charge in [0.05, 0.1) is 6.21 Å². The van der Waals surface area contributed by atoms with Gasteiger partial charge in [0.1, 0.15) is 5.75 Å². The van der Waals surface area contributed by atoms with Crippen molar-refractivity contribution in [2.45, 2.75) is 19.8 Å². The van der Waals surface area contributed by atoms with Crippen LogP contribution in [0.4, 0.5) is 0 Å². The van der Waals surface area contributed by atoms with Crippen LogP contribution in [0.2, 0.25) is 0 Å². The van der Waals surface area contributed by atoms with E-state index in [-0.39, 0.29) is 23.6 Å². The molecule has 0 fully saturated rings. The van der Waals surface area contributed by atoms with Crippen LogP contribution in [0.1, 0.15) is 23.2 Å². The highest BCUT2D eigenvalue weighted by Crippen LogP contribution is 2.12. The summed E-state index contributed by atoms with van der Waals surface area (Å²) in [6.45, 7) is 1.77. The molecule has 0 aliphatic heterocycles. The molecule has 0 radical (unpaired) electrons. The van der Waals surface area contributed by atoms with E-state index >= 15 is 0 Å². The fourth-order valence-corrected chi connectivity index (χ4v) is 1.84. The van der Waals surface area contributed by atoms with Crippen molar-refractivity contribution < 1.29 is 9.90 Å². The molecule has 0 bridgehead atoms. The number of aromatic nitrogens is 2. The minimum absolute atomic E-state index is 0.0879. The Morgan fingerprint density at radius 3 is 2.81 bits per heavy atom. The number of hydrogen-bond donors (Lipinski definition) is 4. The van der Waals surface area contributed by atoms with Crippen LogP contribution in [-0.2, 0) is 11.2 Å². The molecular formula is C14H16N4O3. The van der Waals surface area contributed by atoms with E-state index in [9.17, 15) is 14.7 Å². The van der Waals surface area contributed by atoms with E-state index in [2.05, 4.69) is 20.7 Å². The molecule has 1 aromatic heterocycles. The predicted molar refractivity (Wildman–Crippen MR) is 78.3 cm³/mol. The number of nitrogens with zero attached hydrogens (tertiary/aromatic N) is 1. The Morgan fingerprint density at radius 2 is 2.14 bits per heavy atom. The molecule has 1 amide bonds. The van der Waals surface area contributed by atoms with Gasteiger partial charge >= 0.3 is 0 Å². The molecule has 1 aromatic carbocycles. The van der Waals surface area contributed by atoms with Gasteiger partial charge in [0.15, 0.2) is 0 Å². The zero-order valence-electron chi connectivity index (χ0n) is 11.5. The molecule has 2 aromatic rings. The number of hydrazone groups is 1. The number of hydrogen-bond acceptors (Lipinski definition) is 4. The van der Waals surface area contributed by atoms with Crippen LogP contribution in [-0.4, -0.2) is 27.4 Å². The average Bonchev–Trinajstić information content (AvgIpc) is 2.78. The zero-order valence-corrected chi connectivity index (χ0v) is 11.5. The summed E-state index contributed by atoms with van der Waals surface area (Å²) in [7, 11) is 0. The number of nitrogens with one attached hydrogen (secondary N) is 3. The van der Waals surface area contributed by atoms with Crippen molar-refractivity contribution in [3.8, 4) is 5.75 Å². The number of phenols is 1. The van der Waals surface area contributed by atoms with Gasteiger partial charge < -0.3 is 10.2 Å². The fourth-order valence-electron chi connectivity index (χ4n) is 1.84. The van der Waals surface area contributed by atoms with Crippen molar-refractivity contribution in [1.29, 1.82) is 0 Å². The number of carbonyl (C=O) groups is 1. The Morgan fingerprint density at radius 1 is 1.38 bits per heavy atom. The number of aromatic amines is 2. The van der Waals surface area contributed by atoms with Crippen LogP contribution < -0.4 is 11.0 Å². The van der Waals surface area contributed by atoms with Gasteiger partial charge in [-0.25, -0.2) is 5.43 Å². The normalized spacial score (nSPS) is 10.9. The van der Waals surface area contributed by atoms with Gasteiger partial charge in [-0.15, -0.1) is 0 Å². The first-order chi connectivity index (χ1) is 10.1. The number of benzene rings is 1. The molecule has 21 heavy (non-hydrogen) atoms. The molecule has 7 nitrogen and oxygen atoms in total. The van der Waals surface area contributed by atoms with Crippen molar-refractivity contribution >= 4 is 12.1 Å². The standard InChI is InChI=1S/C14H16N4O3/c1-9-11(14(21)18-16-9)6-7-13(20)17-15-8-10-4-2-3-5-12(10)19/h2-5,8,19H,6-7H2,1H3,(H,17,20)(H2,16,18,21)/b15-8+. The van der Waals surface area contributed by atoms with Gasteiger partial charge in [0.2, 0.25) is 5.91 Å². The van der Waals surface area contributed by atoms with Gasteiger partial charge in [-0.1, -0.05) is 12.1 Å². The van der Waals surface area contributed by atoms with E-state index in [0.717, 1.165) is 5.69 Å². The molecule has 0 atom stereocenters. The largest absolute Gasteiger partial charge is 0.507 e. The lowest BCUT2D eigenvalue weighted by atomic mass is 10.1. The van der Waals surface area contributed by atoms with E-state index in [0.29, 0.717) is 17.5 Å². The summed E-state index contributed by atoms with van der Waals surface area (Å²) in [6.07, 6.45) is 1.85. The van der Waals surface area contributed by atoms with Gasteiger partial charge in [-0.3, -0.25) is 14.7 Å². The van der Waals surface area contributed by atoms with Crippen LogP contribution in [0, 0.1) is 6.92 Å². The Labute approximate surface area is 120 Å². The Kier molecular flexibility index (Phi) is 4.55. The van der Waals surface area contributed by atoms with E-state index in [1.165, 1.54) is 12.3 Å². The first kappa shape index (κ1) is 14.6. The van der Waals surface area contributed by atoms with Crippen molar-refractivity contribution in [2.75, 3.05) is 0 Å². The molecule has 4 N–H and O–H groups in total. The zero-order chi connectivity index (χ0) is 15.2. The number of aryl methyl sites for hydroxylation is 1. The minimum Gasteiger partial charge on any atom is -0.507 e. The number of amides is 1. The van der Waals surface area contributed by atoms with Gasteiger partial charge in [0.25, 0.3) is 5.56 Å². The molecule has 0 saturated heterocycles. The quantitative estimate of drug-likeness (QED) is 0.482. The molecule has 0 unspecified atom stereocenters. The maximum atomic E-state index is 11.6. The third-order valence-electron chi connectivity index (χ3n) is 3.02. The lowest BCUT2D eigenvalue weighted by molar-refractivity contribution is -0.121. The van der Waals surface area contributed by atoms with E-state index in [4.69, 9.17) is 0 Å². The van der Waals surface area contributed by atoms with E-state index in [1.54, 1.807) is 25.1 Å². The number of para-hydroxylation sites is 1. The molecule has 2 rings (SSSR count). The van der Waals surface area contributed by atoms with Crippen molar-refractivity contribution in [3.63, 3.8) is 0 Å². The van der Waals surface area contributed by atoms with Gasteiger partial charge in [-0.05, 0) is 25.5 Å².